The molecule has 0 aromatic heterocycles. The quantitative estimate of drug-likeness (QED) is 0.356. The van der Waals surface area contributed by atoms with E-state index in [9.17, 15) is 17.6 Å². The van der Waals surface area contributed by atoms with E-state index >= 15 is 0 Å². The summed E-state index contributed by atoms with van der Waals surface area (Å²) >= 11 is 0. The minimum atomic E-state index is -4.16. The number of hydrazone groups is 1. The highest BCUT2D eigenvalue weighted by Crippen LogP contribution is 2.28. The molecule has 0 aliphatic heterocycles. The Morgan fingerprint density at radius 3 is 2.20 bits per heavy atom. The second-order valence-corrected chi connectivity index (χ2v) is 9.47. The van der Waals surface area contributed by atoms with Gasteiger partial charge in [-0.3, -0.25) is 9.10 Å². The SMILES string of the molecule is COc1ccc(/C(C)=N\NC(=O)CN(c2ccc(C)cc2)S(=O)(=O)c2ccc(F)cc2)cc1OC. The van der Waals surface area contributed by atoms with Crippen molar-refractivity contribution in [3.63, 3.8) is 0 Å². The first kappa shape index (κ1) is 25.7. The third-order valence-electron chi connectivity index (χ3n) is 5.16. The fourth-order valence-electron chi connectivity index (χ4n) is 3.20. The summed E-state index contributed by atoms with van der Waals surface area (Å²) in [6.07, 6.45) is 0. The van der Waals surface area contributed by atoms with Crippen LogP contribution in [0.25, 0.3) is 0 Å². The second kappa shape index (κ2) is 11.0. The van der Waals surface area contributed by atoms with Crippen LogP contribution in [0, 0.1) is 12.7 Å². The number of methoxy groups -OCH3 is 2. The molecule has 3 aromatic carbocycles. The fourth-order valence-corrected chi connectivity index (χ4v) is 4.62. The molecule has 0 aliphatic rings. The molecular formula is C25H26FN3O5S. The van der Waals surface area contributed by atoms with E-state index in [2.05, 4.69) is 10.5 Å². The van der Waals surface area contributed by atoms with Gasteiger partial charge in [0.25, 0.3) is 15.9 Å². The number of nitrogens with zero attached hydrogens (tertiary/aromatic N) is 2. The summed E-state index contributed by atoms with van der Waals surface area (Å²) in [4.78, 5) is 12.6. The Morgan fingerprint density at radius 2 is 1.60 bits per heavy atom. The zero-order chi connectivity index (χ0) is 25.6. The van der Waals surface area contributed by atoms with Gasteiger partial charge in [-0.1, -0.05) is 17.7 Å². The predicted molar refractivity (Wildman–Crippen MR) is 132 cm³/mol. The first-order valence-electron chi connectivity index (χ1n) is 10.6. The van der Waals surface area contributed by atoms with Gasteiger partial charge in [0, 0.05) is 5.56 Å². The number of rotatable bonds is 9. The smallest absolute Gasteiger partial charge is 0.264 e. The maximum Gasteiger partial charge on any atom is 0.264 e. The number of halogens is 1. The van der Waals surface area contributed by atoms with Gasteiger partial charge in [-0.15, -0.1) is 0 Å². The Hall–Kier alpha value is -3.92. The van der Waals surface area contributed by atoms with Crippen LogP contribution >= 0.6 is 0 Å². The molecular weight excluding hydrogens is 473 g/mol. The van der Waals surface area contributed by atoms with Gasteiger partial charge in [-0.05, 0) is 68.4 Å². The van der Waals surface area contributed by atoms with Gasteiger partial charge in [-0.25, -0.2) is 18.2 Å². The number of sulfonamides is 1. The zero-order valence-electron chi connectivity index (χ0n) is 19.8. The van der Waals surface area contributed by atoms with Crippen LogP contribution in [-0.2, 0) is 14.8 Å². The second-order valence-electron chi connectivity index (χ2n) is 7.60. The highest BCUT2D eigenvalue weighted by Gasteiger charge is 2.27. The number of nitrogens with one attached hydrogen (secondary N) is 1. The summed E-state index contributed by atoms with van der Waals surface area (Å²) in [6.45, 7) is 3.01. The number of benzene rings is 3. The summed E-state index contributed by atoms with van der Waals surface area (Å²) in [5.74, 6) is -0.172. The lowest BCUT2D eigenvalue weighted by Crippen LogP contribution is -2.39. The number of hydrogen-bond donors (Lipinski definition) is 1. The monoisotopic (exact) mass is 499 g/mol. The molecule has 1 amide bonds. The maximum absolute atomic E-state index is 13.4. The Labute approximate surface area is 204 Å². The van der Waals surface area contributed by atoms with Gasteiger partial charge in [0.1, 0.15) is 12.4 Å². The lowest BCUT2D eigenvalue weighted by molar-refractivity contribution is -0.119. The third-order valence-corrected chi connectivity index (χ3v) is 6.95. The summed E-state index contributed by atoms with van der Waals surface area (Å²) < 4.78 is 51.5. The molecule has 8 nitrogen and oxygen atoms in total. The molecule has 0 fully saturated rings. The molecule has 0 saturated heterocycles. The van der Waals surface area contributed by atoms with Gasteiger partial charge in [-0.2, -0.15) is 5.10 Å². The molecule has 3 aromatic rings. The molecule has 184 valence electrons. The molecule has 0 bridgehead atoms. The minimum absolute atomic E-state index is 0.141. The topological polar surface area (TPSA) is 97.3 Å². The van der Waals surface area contributed by atoms with Crippen LogP contribution in [0.2, 0.25) is 0 Å². The number of ether oxygens (including phenoxy) is 2. The number of hydrogen-bond acceptors (Lipinski definition) is 6. The van der Waals surface area contributed by atoms with Crippen LogP contribution < -0.4 is 19.2 Å². The molecule has 35 heavy (non-hydrogen) atoms. The van der Waals surface area contributed by atoms with Crippen LogP contribution in [0.1, 0.15) is 18.1 Å². The molecule has 0 atom stereocenters. The van der Waals surface area contributed by atoms with Gasteiger partial charge in [0.2, 0.25) is 0 Å². The van der Waals surface area contributed by atoms with Crippen molar-refractivity contribution >= 4 is 27.3 Å². The largest absolute Gasteiger partial charge is 0.493 e. The van der Waals surface area contributed by atoms with Crippen molar-refractivity contribution in [1.82, 2.24) is 5.43 Å². The lowest BCUT2D eigenvalue weighted by atomic mass is 10.1. The molecule has 0 unspecified atom stereocenters. The molecule has 10 heteroatoms. The maximum atomic E-state index is 13.4. The number of anilines is 1. The van der Waals surface area contributed by atoms with E-state index in [-0.39, 0.29) is 10.6 Å². The Morgan fingerprint density at radius 1 is 0.971 bits per heavy atom. The summed E-state index contributed by atoms with van der Waals surface area (Å²) in [5.41, 5.74) is 4.77. The number of carbonyl (C=O) groups is 1. The number of aryl methyl sites for hydroxylation is 1. The average Bonchev–Trinajstić information content (AvgIpc) is 2.86. The molecule has 0 saturated carbocycles. The van der Waals surface area contributed by atoms with E-state index in [4.69, 9.17) is 9.47 Å². The van der Waals surface area contributed by atoms with Crippen molar-refractivity contribution in [3.05, 3.63) is 83.7 Å². The van der Waals surface area contributed by atoms with E-state index in [1.165, 1.54) is 14.2 Å². The zero-order valence-corrected chi connectivity index (χ0v) is 20.6. The van der Waals surface area contributed by atoms with E-state index in [0.717, 1.165) is 34.1 Å². The highest BCUT2D eigenvalue weighted by molar-refractivity contribution is 7.92. The Bertz CT molecular complexity index is 1320. The third kappa shape index (κ3) is 6.15. The van der Waals surface area contributed by atoms with Crippen molar-refractivity contribution in [1.29, 1.82) is 0 Å². The van der Waals surface area contributed by atoms with Gasteiger partial charge < -0.3 is 9.47 Å². The molecule has 0 heterocycles. The van der Waals surface area contributed by atoms with Gasteiger partial charge in [0.05, 0.1) is 30.5 Å². The minimum Gasteiger partial charge on any atom is -0.493 e. The summed E-state index contributed by atoms with van der Waals surface area (Å²) in [7, 11) is -1.12. The first-order chi connectivity index (χ1) is 16.6. The van der Waals surface area contributed by atoms with Crippen molar-refractivity contribution in [2.45, 2.75) is 18.7 Å². The van der Waals surface area contributed by atoms with Crippen LogP contribution in [0.4, 0.5) is 10.1 Å². The van der Waals surface area contributed by atoms with Crippen molar-refractivity contribution in [2.24, 2.45) is 5.10 Å². The van der Waals surface area contributed by atoms with Crippen molar-refractivity contribution in [3.8, 4) is 11.5 Å². The van der Waals surface area contributed by atoms with Crippen LogP contribution in [0.5, 0.6) is 11.5 Å². The van der Waals surface area contributed by atoms with E-state index < -0.39 is 28.3 Å². The highest BCUT2D eigenvalue weighted by atomic mass is 32.2. The Kier molecular flexibility index (Phi) is 8.08. The predicted octanol–water partition coefficient (Wildman–Crippen LogP) is 3.89. The number of carbonyl (C=O) groups excluding carboxylic acids is 1. The van der Waals surface area contributed by atoms with E-state index in [1.54, 1.807) is 49.4 Å². The van der Waals surface area contributed by atoms with E-state index in [0.29, 0.717) is 22.8 Å². The normalized spacial score (nSPS) is 11.6. The van der Waals surface area contributed by atoms with Crippen LogP contribution in [-0.4, -0.2) is 40.8 Å². The molecule has 0 radical (unpaired) electrons. The van der Waals surface area contributed by atoms with E-state index in [1.807, 2.05) is 6.92 Å². The summed E-state index contributed by atoms with van der Waals surface area (Å²) in [6, 6.07) is 16.3. The molecule has 1 N–H and O–H groups in total. The molecule has 3 rings (SSSR count). The first-order valence-corrected chi connectivity index (χ1v) is 12.0. The van der Waals surface area contributed by atoms with Crippen molar-refractivity contribution < 1.29 is 27.1 Å². The van der Waals surface area contributed by atoms with Crippen LogP contribution in [0.15, 0.2) is 76.7 Å². The van der Waals surface area contributed by atoms with Gasteiger partial charge in [0.15, 0.2) is 11.5 Å². The summed E-state index contributed by atoms with van der Waals surface area (Å²) in [5, 5.41) is 4.10. The molecule has 0 spiro atoms. The van der Waals surface area contributed by atoms with Gasteiger partial charge >= 0.3 is 0 Å². The average molecular weight is 500 g/mol. The standard InChI is InChI=1S/C25H26FN3O5S/c1-17-5-10-21(11-6-17)29(35(31,32)22-12-8-20(26)9-13-22)16-25(30)28-27-18(2)19-7-14-23(33-3)24(15-19)34-4/h5-15H,16H2,1-4H3,(H,28,30)/b27-18-. The Balaban J connectivity index is 1.85. The van der Waals surface area contributed by atoms with Crippen molar-refractivity contribution in [2.75, 3.05) is 25.1 Å². The van der Waals surface area contributed by atoms with Crippen LogP contribution in [0.3, 0.4) is 0 Å². The lowest BCUT2D eigenvalue weighted by Gasteiger charge is -2.24. The fraction of sp³-hybridized carbons (Fsp3) is 0.200. The number of amides is 1. The molecule has 0 aliphatic carbocycles.